The fraction of sp³-hybridized carbons (Fsp3) is 0.359. The minimum atomic E-state index is -4.45. The number of hydrogen-bond acceptors (Lipinski definition) is 4. The van der Waals surface area contributed by atoms with Gasteiger partial charge in [0.15, 0.2) is 5.78 Å². The Hall–Kier alpha value is -4.75. The predicted octanol–water partition coefficient (Wildman–Crippen LogP) is 12.3. The molecule has 0 spiro atoms. The van der Waals surface area contributed by atoms with Crippen molar-refractivity contribution in [2.24, 2.45) is 15.3 Å². The van der Waals surface area contributed by atoms with Gasteiger partial charge in [0.2, 0.25) is 0 Å². The molecule has 0 saturated carbocycles. The molecule has 1 aliphatic rings. The number of rotatable bonds is 4. The molecule has 0 aliphatic carbocycles. The summed E-state index contributed by atoms with van der Waals surface area (Å²) in [7, 11) is 0. The number of halogens is 3. The molecule has 4 aromatic carbocycles. The van der Waals surface area contributed by atoms with Crippen LogP contribution >= 0.6 is 0 Å². The first-order chi connectivity index (χ1) is 22.2. The first-order valence-corrected chi connectivity index (χ1v) is 15.7. The van der Waals surface area contributed by atoms with Crippen molar-refractivity contribution in [3.8, 4) is 0 Å². The maximum Gasteiger partial charge on any atom is 0.442 e. The van der Waals surface area contributed by atoms with Crippen molar-refractivity contribution in [2.75, 3.05) is 0 Å². The molecule has 1 heterocycles. The van der Waals surface area contributed by atoms with Gasteiger partial charge in [0.25, 0.3) is 0 Å². The standard InChI is InChI=1S/C17H18O.C12H13F3N2.C10H13N3/c1-17(2,3)15-11-9-14(10-12-15)16(18)13-7-5-4-6-8-13;1-10(2,3)8-4-6-9(7-5-8)11(16-17-11)12(13,14)15;1-10(2,3)8-4-6-9(7-5-8)12-13-11/h4-12H,1-3H3;4-7H,1-3H3;4-7H,1-3H3. The van der Waals surface area contributed by atoms with Crippen LogP contribution in [0.25, 0.3) is 10.4 Å². The van der Waals surface area contributed by atoms with Crippen LogP contribution in [0.1, 0.15) is 100 Å². The minimum Gasteiger partial charge on any atom is -0.289 e. The van der Waals surface area contributed by atoms with E-state index in [4.69, 9.17) is 5.53 Å². The largest absolute Gasteiger partial charge is 0.442 e. The van der Waals surface area contributed by atoms with Gasteiger partial charge < -0.3 is 0 Å². The van der Waals surface area contributed by atoms with Gasteiger partial charge in [-0.25, -0.2) is 0 Å². The van der Waals surface area contributed by atoms with Crippen LogP contribution in [0.2, 0.25) is 0 Å². The van der Waals surface area contributed by atoms with Gasteiger partial charge in [-0.15, -0.1) is 10.2 Å². The second-order valence-corrected chi connectivity index (χ2v) is 14.7. The van der Waals surface area contributed by atoms with E-state index < -0.39 is 11.8 Å². The monoisotopic (exact) mass is 655 g/mol. The van der Waals surface area contributed by atoms with Gasteiger partial charge in [-0.1, -0.05) is 171 Å². The molecular formula is C39H44F3N5O. The first-order valence-electron chi connectivity index (χ1n) is 15.7. The predicted molar refractivity (Wildman–Crippen MR) is 187 cm³/mol. The van der Waals surface area contributed by atoms with E-state index >= 15 is 0 Å². The smallest absolute Gasteiger partial charge is 0.289 e. The van der Waals surface area contributed by atoms with Crippen molar-refractivity contribution in [3.63, 3.8) is 0 Å². The lowest BCUT2D eigenvalue weighted by atomic mass is 9.86. The Balaban J connectivity index is 0.000000198. The number of benzene rings is 4. The molecule has 6 nitrogen and oxygen atoms in total. The first kappa shape index (κ1) is 37.7. The molecule has 0 unspecified atom stereocenters. The molecule has 0 fully saturated rings. The van der Waals surface area contributed by atoms with Gasteiger partial charge >= 0.3 is 11.8 Å². The molecule has 48 heavy (non-hydrogen) atoms. The number of ketones is 1. The van der Waals surface area contributed by atoms with Crippen molar-refractivity contribution in [1.82, 2.24) is 0 Å². The Morgan fingerprint density at radius 2 is 0.979 bits per heavy atom. The molecule has 0 atom stereocenters. The van der Waals surface area contributed by atoms with Crippen molar-refractivity contribution in [2.45, 2.75) is 90.4 Å². The third kappa shape index (κ3) is 9.88. The summed E-state index contributed by atoms with van der Waals surface area (Å²) in [5.41, 5.74) is 11.8. The third-order valence-corrected chi connectivity index (χ3v) is 7.79. The quantitative estimate of drug-likeness (QED) is 0.0930. The Kier molecular flexibility index (Phi) is 11.4. The van der Waals surface area contributed by atoms with E-state index in [1.54, 1.807) is 12.1 Å². The van der Waals surface area contributed by atoms with Crippen molar-refractivity contribution < 1.29 is 18.0 Å². The van der Waals surface area contributed by atoms with Crippen LogP contribution in [-0.2, 0) is 21.9 Å². The molecule has 0 radical (unpaired) electrons. The summed E-state index contributed by atoms with van der Waals surface area (Å²) in [6, 6.07) is 31.2. The van der Waals surface area contributed by atoms with Gasteiger partial charge in [0.1, 0.15) is 0 Å². The molecule has 0 amide bonds. The van der Waals surface area contributed by atoms with E-state index in [1.165, 1.54) is 23.3 Å². The summed E-state index contributed by atoms with van der Waals surface area (Å²) in [5, 5.41) is 9.84. The average molecular weight is 656 g/mol. The second-order valence-electron chi connectivity index (χ2n) is 14.7. The van der Waals surface area contributed by atoms with Crippen molar-refractivity contribution in [3.05, 3.63) is 147 Å². The highest BCUT2D eigenvalue weighted by Gasteiger charge is 2.65. The minimum absolute atomic E-state index is 0.0797. The molecule has 0 bridgehead atoms. The van der Waals surface area contributed by atoms with E-state index in [9.17, 15) is 18.0 Å². The summed E-state index contributed by atoms with van der Waals surface area (Å²) < 4.78 is 38.2. The maximum atomic E-state index is 12.7. The number of nitrogens with zero attached hydrogens (tertiary/aromatic N) is 5. The summed E-state index contributed by atoms with van der Waals surface area (Å²) in [6.07, 6.45) is -4.45. The van der Waals surface area contributed by atoms with E-state index in [1.807, 2.05) is 99.6 Å². The number of alkyl halides is 3. The van der Waals surface area contributed by atoms with Gasteiger partial charge in [-0.2, -0.15) is 13.2 Å². The third-order valence-electron chi connectivity index (χ3n) is 7.79. The van der Waals surface area contributed by atoms with Crippen LogP contribution in [0.15, 0.2) is 118 Å². The van der Waals surface area contributed by atoms with E-state index in [2.05, 4.69) is 61.8 Å². The lowest BCUT2D eigenvalue weighted by Gasteiger charge is -2.20. The summed E-state index contributed by atoms with van der Waals surface area (Å²) >= 11 is 0. The lowest BCUT2D eigenvalue weighted by Crippen LogP contribution is -2.30. The fourth-order valence-electron chi connectivity index (χ4n) is 4.60. The fourth-order valence-corrected chi connectivity index (χ4v) is 4.60. The van der Waals surface area contributed by atoms with Gasteiger partial charge in [-0.05, 0) is 38.5 Å². The Morgan fingerprint density at radius 1 is 0.604 bits per heavy atom. The highest BCUT2D eigenvalue weighted by molar-refractivity contribution is 6.08. The topological polar surface area (TPSA) is 90.5 Å². The van der Waals surface area contributed by atoms with Crippen LogP contribution in [0.5, 0.6) is 0 Å². The van der Waals surface area contributed by atoms with Crippen LogP contribution in [0.3, 0.4) is 0 Å². The van der Waals surface area contributed by atoms with Gasteiger partial charge in [0.05, 0.1) is 0 Å². The number of azide groups is 1. The van der Waals surface area contributed by atoms with Crippen LogP contribution in [0.4, 0.5) is 18.9 Å². The molecule has 1 aliphatic heterocycles. The highest BCUT2D eigenvalue weighted by Crippen LogP contribution is 2.52. The molecule has 0 aromatic heterocycles. The molecule has 5 rings (SSSR count). The molecule has 0 N–H and O–H groups in total. The molecule has 9 heteroatoms. The van der Waals surface area contributed by atoms with E-state index in [-0.39, 0.29) is 27.6 Å². The molecule has 252 valence electrons. The maximum absolute atomic E-state index is 12.7. The molecule has 0 saturated heterocycles. The zero-order valence-electron chi connectivity index (χ0n) is 29.1. The van der Waals surface area contributed by atoms with Crippen LogP contribution in [-0.4, -0.2) is 12.0 Å². The van der Waals surface area contributed by atoms with E-state index in [0.29, 0.717) is 5.69 Å². The second kappa shape index (κ2) is 14.6. The normalized spacial score (nSPS) is 13.6. The zero-order chi connectivity index (χ0) is 36.0. The highest BCUT2D eigenvalue weighted by atomic mass is 19.4. The number of carbonyl (C=O) groups excluding carboxylic acids is 1. The van der Waals surface area contributed by atoms with Crippen LogP contribution < -0.4 is 0 Å². The molecular weight excluding hydrogens is 611 g/mol. The van der Waals surface area contributed by atoms with Crippen molar-refractivity contribution in [1.29, 1.82) is 0 Å². The summed E-state index contributed by atoms with van der Waals surface area (Å²) in [4.78, 5) is 14.9. The van der Waals surface area contributed by atoms with E-state index in [0.717, 1.165) is 16.7 Å². The molecule has 4 aromatic rings. The van der Waals surface area contributed by atoms with Gasteiger partial charge in [-0.3, -0.25) is 4.79 Å². The van der Waals surface area contributed by atoms with Gasteiger partial charge in [0, 0.05) is 27.3 Å². The Morgan fingerprint density at radius 3 is 1.33 bits per heavy atom. The average Bonchev–Trinajstić information content (AvgIpc) is 3.84. The Bertz CT molecular complexity index is 1730. The zero-order valence-corrected chi connectivity index (χ0v) is 29.1. The van der Waals surface area contributed by atoms with Crippen molar-refractivity contribution >= 4 is 11.5 Å². The number of hydrogen-bond donors (Lipinski definition) is 0. The Labute approximate surface area is 281 Å². The number of carbonyl (C=O) groups is 1. The lowest BCUT2D eigenvalue weighted by molar-refractivity contribution is -0.166. The summed E-state index contributed by atoms with van der Waals surface area (Å²) in [5.74, 6) is 0.0797. The summed E-state index contributed by atoms with van der Waals surface area (Å²) in [6.45, 7) is 19.0. The van der Waals surface area contributed by atoms with Crippen LogP contribution in [0, 0.1) is 0 Å². The SMILES string of the molecule is CC(C)(C)c1ccc(C(=O)c2ccccc2)cc1.CC(C)(C)c1ccc(C2(C(F)(F)F)N=N2)cc1.CC(C)(C)c1ccc(N=[N+]=[N-])cc1.